The van der Waals surface area contributed by atoms with Gasteiger partial charge < -0.3 is 10.6 Å². The lowest BCUT2D eigenvalue weighted by Gasteiger charge is -2.07. The van der Waals surface area contributed by atoms with E-state index in [9.17, 15) is 4.79 Å². The number of nitrogens with one attached hydrogen (secondary N) is 2. The Morgan fingerprint density at radius 2 is 1.92 bits per heavy atom. The molecule has 0 saturated heterocycles. The van der Waals surface area contributed by atoms with E-state index in [1.165, 1.54) is 16.9 Å². The highest BCUT2D eigenvalue weighted by Gasteiger charge is 2.16. The van der Waals surface area contributed by atoms with Crippen molar-refractivity contribution in [1.29, 1.82) is 0 Å². The fourth-order valence-electron chi connectivity index (χ4n) is 2.49. The molecule has 0 bridgehead atoms. The number of hydrogen-bond donors (Lipinski definition) is 2. The number of thiazole rings is 1. The Kier molecular flexibility index (Phi) is 5.81. The minimum absolute atomic E-state index is 0.227. The SMILES string of the molecule is CCc1ccccc1Nc1nc(C)c(C(=O)Nc2ccc(Cl)c(Cl)c2)s1. The van der Waals surface area contributed by atoms with Gasteiger partial charge in [-0.05, 0) is 43.2 Å². The third kappa shape index (κ3) is 4.18. The lowest BCUT2D eigenvalue weighted by atomic mass is 10.1. The van der Waals surface area contributed by atoms with Crippen molar-refractivity contribution in [3.8, 4) is 0 Å². The first kappa shape index (κ1) is 18.7. The molecule has 3 rings (SSSR count). The molecule has 1 amide bonds. The molecule has 0 aliphatic carbocycles. The second-order valence-electron chi connectivity index (χ2n) is 5.65. The molecule has 0 fully saturated rings. The number of aromatic nitrogens is 1. The quantitative estimate of drug-likeness (QED) is 0.522. The summed E-state index contributed by atoms with van der Waals surface area (Å²) in [5.74, 6) is -0.227. The second-order valence-corrected chi connectivity index (χ2v) is 7.47. The minimum Gasteiger partial charge on any atom is -0.331 e. The molecule has 1 heterocycles. The van der Waals surface area contributed by atoms with Crippen LogP contribution >= 0.6 is 34.5 Å². The smallest absolute Gasteiger partial charge is 0.267 e. The van der Waals surface area contributed by atoms with Gasteiger partial charge in [0.1, 0.15) is 4.88 Å². The van der Waals surface area contributed by atoms with E-state index in [1.54, 1.807) is 18.2 Å². The van der Waals surface area contributed by atoms with Crippen molar-refractivity contribution in [3.63, 3.8) is 0 Å². The third-order valence-electron chi connectivity index (χ3n) is 3.82. The van der Waals surface area contributed by atoms with Gasteiger partial charge in [-0.3, -0.25) is 4.79 Å². The number of hydrogen-bond acceptors (Lipinski definition) is 4. The first-order valence-corrected chi connectivity index (χ1v) is 9.64. The molecule has 0 aliphatic rings. The molecule has 4 nitrogen and oxygen atoms in total. The van der Waals surface area contributed by atoms with Crippen LogP contribution < -0.4 is 10.6 Å². The van der Waals surface area contributed by atoms with E-state index < -0.39 is 0 Å². The van der Waals surface area contributed by atoms with Gasteiger partial charge in [0, 0.05) is 11.4 Å². The number of para-hydroxylation sites is 1. The van der Waals surface area contributed by atoms with Crippen molar-refractivity contribution in [2.45, 2.75) is 20.3 Å². The Morgan fingerprint density at radius 1 is 1.15 bits per heavy atom. The summed E-state index contributed by atoms with van der Waals surface area (Å²) >= 11 is 13.2. The van der Waals surface area contributed by atoms with E-state index in [2.05, 4.69) is 28.6 Å². The standard InChI is InChI=1S/C19H17Cl2N3OS/c1-3-12-6-4-5-7-16(12)24-19-22-11(2)17(26-19)18(25)23-13-8-9-14(20)15(21)10-13/h4-10H,3H2,1-2H3,(H,22,24)(H,23,25). The first-order valence-electron chi connectivity index (χ1n) is 8.06. The lowest BCUT2D eigenvalue weighted by molar-refractivity contribution is 0.103. The number of anilines is 3. The van der Waals surface area contributed by atoms with Crippen molar-refractivity contribution >= 4 is 57.0 Å². The maximum absolute atomic E-state index is 12.6. The average molecular weight is 406 g/mol. The summed E-state index contributed by atoms with van der Waals surface area (Å²) in [7, 11) is 0. The van der Waals surface area contributed by atoms with Gasteiger partial charge in [-0.2, -0.15) is 0 Å². The van der Waals surface area contributed by atoms with E-state index in [4.69, 9.17) is 23.2 Å². The van der Waals surface area contributed by atoms with Gasteiger partial charge in [-0.1, -0.05) is 59.7 Å². The van der Waals surface area contributed by atoms with Crippen molar-refractivity contribution in [3.05, 3.63) is 68.6 Å². The summed E-state index contributed by atoms with van der Waals surface area (Å²) in [5.41, 5.74) is 3.45. The van der Waals surface area contributed by atoms with E-state index >= 15 is 0 Å². The molecule has 2 N–H and O–H groups in total. The van der Waals surface area contributed by atoms with Crippen molar-refractivity contribution in [2.24, 2.45) is 0 Å². The number of nitrogens with zero attached hydrogens (tertiary/aromatic N) is 1. The van der Waals surface area contributed by atoms with Gasteiger partial charge in [0.05, 0.1) is 15.7 Å². The van der Waals surface area contributed by atoms with E-state index in [0.29, 0.717) is 31.4 Å². The molecule has 0 aliphatic heterocycles. The van der Waals surface area contributed by atoms with Crippen LogP contribution in [0.5, 0.6) is 0 Å². The third-order valence-corrected chi connectivity index (χ3v) is 5.63. The number of carbonyl (C=O) groups is 1. The number of benzene rings is 2. The van der Waals surface area contributed by atoms with Crippen molar-refractivity contribution < 1.29 is 4.79 Å². The monoisotopic (exact) mass is 405 g/mol. The van der Waals surface area contributed by atoms with Crippen LogP contribution in [0.3, 0.4) is 0 Å². The van der Waals surface area contributed by atoms with Crippen molar-refractivity contribution in [2.75, 3.05) is 10.6 Å². The molecule has 3 aromatic rings. The number of halogens is 2. The first-order chi connectivity index (χ1) is 12.5. The van der Waals surface area contributed by atoms with Gasteiger partial charge in [0.25, 0.3) is 5.91 Å². The Labute approximate surface area is 166 Å². The van der Waals surface area contributed by atoms with Crippen LogP contribution in [0, 0.1) is 6.92 Å². The molecule has 7 heteroatoms. The van der Waals surface area contributed by atoms with Gasteiger partial charge in [0.2, 0.25) is 0 Å². The van der Waals surface area contributed by atoms with Crippen LogP contribution in [-0.2, 0) is 6.42 Å². The van der Waals surface area contributed by atoms with Gasteiger partial charge in [0.15, 0.2) is 5.13 Å². The Morgan fingerprint density at radius 3 is 2.65 bits per heavy atom. The molecule has 1 aromatic heterocycles. The molecule has 0 radical (unpaired) electrons. The zero-order valence-electron chi connectivity index (χ0n) is 14.3. The maximum atomic E-state index is 12.6. The average Bonchev–Trinajstić information content (AvgIpc) is 2.99. The van der Waals surface area contributed by atoms with Crippen LogP contribution in [-0.4, -0.2) is 10.9 Å². The van der Waals surface area contributed by atoms with Crippen LogP contribution in [0.1, 0.15) is 27.9 Å². The fraction of sp³-hybridized carbons (Fsp3) is 0.158. The van der Waals surface area contributed by atoms with Crippen molar-refractivity contribution in [1.82, 2.24) is 4.98 Å². The Bertz CT molecular complexity index is 956. The van der Waals surface area contributed by atoms with Crippen LogP contribution in [0.25, 0.3) is 0 Å². The Hall–Kier alpha value is -2.08. The molecular formula is C19H17Cl2N3OS. The summed E-state index contributed by atoms with van der Waals surface area (Å²) in [4.78, 5) is 17.6. The molecular weight excluding hydrogens is 389 g/mol. The minimum atomic E-state index is -0.227. The Balaban J connectivity index is 1.79. The van der Waals surface area contributed by atoms with Gasteiger partial charge in [-0.15, -0.1) is 0 Å². The summed E-state index contributed by atoms with van der Waals surface area (Å²) in [6.45, 7) is 3.92. The van der Waals surface area contributed by atoms with Gasteiger partial charge >= 0.3 is 0 Å². The second kappa shape index (κ2) is 8.08. The van der Waals surface area contributed by atoms with Crippen LogP contribution in [0.4, 0.5) is 16.5 Å². The van der Waals surface area contributed by atoms with Gasteiger partial charge in [-0.25, -0.2) is 4.98 Å². The molecule has 0 unspecified atom stereocenters. The molecule has 134 valence electrons. The summed E-state index contributed by atoms with van der Waals surface area (Å²) in [5, 5.41) is 7.66. The normalized spacial score (nSPS) is 10.6. The number of amides is 1. The highest BCUT2D eigenvalue weighted by Crippen LogP contribution is 2.29. The summed E-state index contributed by atoms with van der Waals surface area (Å²) in [6.07, 6.45) is 0.915. The highest BCUT2D eigenvalue weighted by molar-refractivity contribution is 7.17. The molecule has 0 saturated carbocycles. The highest BCUT2D eigenvalue weighted by atomic mass is 35.5. The number of rotatable bonds is 5. The predicted molar refractivity (Wildman–Crippen MR) is 110 cm³/mol. The zero-order valence-corrected chi connectivity index (χ0v) is 16.6. The summed E-state index contributed by atoms with van der Waals surface area (Å²) < 4.78 is 0. The predicted octanol–water partition coefficient (Wildman–Crippen LogP) is 6.32. The molecule has 0 spiro atoms. The summed E-state index contributed by atoms with van der Waals surface area (Å²) in [6, 6.07) is 13.0. The van der Waals surface area contributed by atoms with Crippen LogP contribution in [0.15, 0.2) is 42.5 Å². The zero-order chi connectivity index (χ0) is 18.7. The fourth-order valence-corrected chi connectivity index (χ4v) is 3.66. The number of aryl methyl sites for hydroxylation is 2. The molecule has 26 heavy (non-hydrogen) atoms. The lowest BCUT2D eigenvalue weighted by Crippen LogP contribution is -2.11. The maximum Gasteiger partial charge on any atom is 0.267 e. The van der Waals surface area contributed by atoms with E-state index in [0.717, 1.165) is 12.1 Å². The van der Waals surface area contributed by atoms with E-state index in [1.807, 2.05) is 25.1 Å². The number of carbonyl (C=O) groups excluding carboxylic acids is 1. The largest absolute Gasteiger partial charge is 0.331 e. The van der Waals surface area contributed by atoms with Crippen LogP contribution in [0.2, 0.25) is 10.0 Å². The topological polar surface area (TPSA) is 54.0 Å². The molecule has 2 aromatic carbocycles. The molecule has 0 atom stereocenters. The van der Waals surface area contributed by atoms with E-state index in [-0.39, 0.29) is 5.91 Å².